The molecule has 0 radical (unpaired) electrons. The SMILES string of the molecule is CN(CCCN)C1CC(C)(C)CC(C)(C)C1. The molecule has 1 aliphatic rings. The van der Waals surface area contributed by atoms with Crippen LogP contribution >= 0.6 is 0 Å². The Morgan fingerprint density at radius 3 is 2.06 bits per heavy atom. The zero-order valence-electron chi connectivity index (χ0n) is 11.8. The minimum Gasteiger partial charge on any atom is -0.330 e. The van der Waals surface area contributed by atoms with Gasteiger partial charge < -0.3 is 10.6 Å². The largest absolute Gasteiger partial charge is 0.330 e. The van der Waals surface area contributed by atoms with Crippen LogP contribution in [-0.4, -0.2) is 31.1 Å². The molecule has 0 aromatic heterocycles. The monoisotopic (exact) mass is 226 g/mol. The normalized spacial score (nSPS) is 24.9. The van der Waals surface area contributed by atoms with E-state index in [1.54, 1.807) is 0 Å². The first-order valence-corrected chi connectivity index (χ1v) is 6.66. The summed E-state index contributed by atoms with van der Waals surface area (Å²) in [6.45, 7) is 11.6. The topological polar surface area (TPSA) is 29.3 Å². The van der Waals surface area contributed by atoms with E-state index in [0.29, 0.717) is 10.8 Å². The van der Waals surface area contributed by atoms with Crippen molar-refractivity contribution in [2.24, 2.45) is 16.6 Å². The summed E-state index contributed by atoms with van der Waals surface area (Å²) in [6.07, 6.45) is 5.13. The maximum atomic E-state index is 5.59. The van der Waals surface area contributed by atoms with Crippen molar-refractivity contribution < 1.29 is 0 Å². The molecule has 0 aliphatic heterocycles. The quantitative estimate of drug-likeness (QED) is 0.798. The third kappa shape index (κ3) is 4.06. The van der Waals surface area contributed by atoms with Gasteiger partial charge in [-0.2, -0.15) is 0 Å². The molecule has 1 saturated carbocycles. The van der Waals surface area contributed by atoms with Crippen LogP contribution in [0.15, 0.2) is 0 Å². The van der Waals surface area contributed by atoms with E-state index in [0.717, 1.165) is 25.6 Å². The molecule has 1 aliphatic carbocycles. The van der Waals surface area contributed by atoms with E-state index >= 15 is 0 Å². The van der Waals surface area contributed by atoms with Gasteiger partial charge in [-0.25, -0.2) is 0 Å². The third-order valence-electron chi connectivity index (χ3n) is 3.87. The first kappa shape index (κ1) is 14.0. The predicted molar refractivity (Wildman–Crippen MR) is 71.5 cm³/mol. The van der Waals surface area contributed by atoms with Gasteiger partial charge in [-0.15, -0.1) is 0 Å². The van der Waals surface area contributed by atoms with Gasteiger partial charge in [0.2, 0.25) is 0 Å². The Hall–Kier alpha value is -0.0800. The number of nitrogens with zero attached hydrogens (tertiary/aromatic N) is 1. The maximum absolute atomic E-state index is 5.59. The van der Waals surface area contributed by atoms with Gasteiger partial charge in [0.25, 0.3) is 0 Å². The Kier molecular flexibility index (Phi) is 4.42. The van der Waals surface area contributed by atoms with Crippen LogP contribution in [0.25, 0.3) is 0 Å². The highest BCUT2D eigenvalue weighted by Gasteiger charge is 2.39. The van der Waals surface area contributed by atoms with Crippen molar-refractivity contribution >= 4 is 0 Å². The van der Waals surface area contributed by atoms with Gasteiger partial charge in [0, 0.05) is 6.04 Å². The number of nitrogens with two attached hydrogens (primary N) is 1. The fraction of sp³-hybridized carbons (Fsp3) is 1.00. The van der Waals surface area contributed by atoms with Crippen LogP contribution in [-0.2, 0) is 0 Å². The fourth-order valence-corrected chi connectivity index (χ4v) is 3.62. The molecule has 0 heterocycles. The molecular weight excluding hydrogens is 196 g/mol. The minimum atomic E-state index is 0.489. The summed E-state index contributed by atoms with van der Waals surface area (Å²) in [7, 11) is 2.26. The molecule has 0 aromatic rings. The van der Waals surface area contributed by atoms with Crippen LogP contribution in [0, 0.1) is 10.8 Å². The van der Waals surface area contributed by atoms with E-state index in [1.807, 2.05) is 0 Å². The summed E-state index contributed by atoms with van der Waals surface area (Å²) in [6, 6.07) is 0.741. The Balaban J connectivity index is 2.59. The Bertz CT molecular complexity index is 205. The van der Waals surface area contributed by atoms with Gasteiger partial charge in [-0.1, -0.05) is 27.7 Å². The highest BCUT2D eigenvalue weighted by Crippen LogP contribution is 2.46. The molecule has 0 bridgehead atoms. The van der Waals surface area contributed by atoms with Gasteiger partial charge in [0.15, 0.2) is 0 Å². The van der Waals surface area contributed by atoms with Crippen molar-refractivity contribution in [3.63, 3.8) is 0 Å². The standard InChI is InChI=1S/C14H30N2/c1-13(2)9-12(10-14(3,4)11-13)16(5)8-6-7-15/h12H,6-11,15H2,1-5H3. The number of rotatable bonds is 4. The highest BCUT2D eigenvalue weighted by atomic mass is 15.1. The molecular formula is C14H30N2. The van der Waals surface area contributed by atoms with Gasteiger partial charge in [0.1, 0.15) is 0 Å². The molecule has 2 nitrogen and oxygen atoms in total. The van der Waals surface area contributed by atoms with Gasteiger partial charge in [-0.3, -0.25) is 0 Å². The molecule has 1 rings (SSSR count). The smallest absolute Gasteiger partial charge is 0.0102 e. The Morgan fingerprint density at radius 2 is 1.62 bits per heavy atom. The van der Waals surface area contributed by atoms with Crippen molar-refractivity contribution in [1.29, 1.82) is 0 Å². The van der Waals surface area contributed by atoms with Crippen LogP contribution < -0.4 is 5.73 Å². The molecule has 96 valence electrons. The lowest BCUT2D eigenvalue weighted by molar-refractivity contribution is 0.0353. The molecule has 0 aromatic carbocycles. The summed E-state index contributed by atoms with van der Waals surface area (Å²) in [5.74, 6) is 0. The molecule has 16 heavy (non-hydrogen) atoms. The summed E-state index contributed by atoms with van der Waals surface area (Å²) in [4.78, 5) is 2.52. The average molecular weight is 226 g/mol. The molecule has 0 atom stereocenters. The number of hydrogen-bond donors (Lipinski definition) is 1. The third-order valence-corrected chi connectivity index (χ3v) is 3.87. The highest BCUT2D eigenvalue weighted by molar-refractivity contribution is 4.92. The molecule has 1 fully saturated rings. The lowest BCUT2D eigenvalue weighted by Crippen LogP contribution is -2.45. The van der Waals surface area contributed by atoms with E-state index < -0.39 is 0 Å². The zero-order chi connectivity index (χ0) is 12.4. The first-order chi connectivity index (χ1) is 7.26. The van der Waals surface area contributed by atoms with Crippen molar-refractivity contribution in [2.75, 3.05) is 20.1 Å². The van der Waals surface area contributed by atoms with E-state index in [4.69, 9.17) is 5.73 Å². The lowest BCUT2D eigenvalue weighted by atomic mass is 9.63. The van der Waals surface area contributed by atoms with Crippen LogP contribution in [0.5, 0.6) is 0 Å². The van der Waals surface area contributed by atoms with E-state index in [-0.39, 0.29) is 0 Å². The molecule has 2 heteroatoms. The van der Waals surface area contributed by atoms with Gasteiger partial charge >= 0.3 is 0 Å². The van der Waals surface area contributed by atoms with E-state index in [9.17, 15) is 0 Å². The molecule has 0 spiro atoms. The predicted octanol–water partition coefficient (Wildman–Crippen LogP) is 2.87. The average Bonchev–Trinajstić information content (AvgIpc) is 2.09. The van der Waals surface area contributed by atoms with Crippen LogP contribution in [0.2, 0.25) is 0 Å². The first-order valence-electron chi connectivity index (χ1n) is 6.66. The van der Waals surface area contributed by atoms with Gasteiger partial charge in [-0.05, 0) is 56.7 Å². The van der Waals surface area contributed by atoms with Crippen molar-refractivity contribution in [2.45, 2.75) is 59.4 Å². The second kappa shape index (κ2) is 5.05. The molecule has 2 N–H and O–H groups in total. The summed E-state index contributed by atoms with van der Waals surface area (Å²) >= 11 is 0. The van der Waals surface area contributed by atoms with Crippen molar-refractivity contribution in [3.8, 4) is 0 Å². The van der Waals surface area contributed by atoms with Crippen molar-refractivity contribution in [3.05, 3.63) is 0 Å². The zero-order valence-corrected chi connectivity index (χ0v) is 11.8. The fourth-order valence-electron chi connectivity index (χ4n) is 3.62. The van der Waals surface area contributed by atoms with Crippen LogP contribution in [0.1, 0.15) is 53.4 Å². The lowest BCUT2D eigenvalue weighted by Gasteiger charge is -2.47. The maximum Gasteiger partial charge on any atom is 0.0102 e. The van der Waals surface area contributed by atoms with Crippen LogP contribution in [0.4, 0.5) is 0 Å². The Morgan fingerprint density at radius 1 is 1.12 bits per heavy atom. The van der Waals surface area contributed by atoms with Crippen molar-refractivity contribution in [1.82, 2.24) is 4.90 Å². The van der Waals surface area contributed by atoms with E-state index in [1.165, 1.54) is 19.3 Å². The van der Waals surface area contributed by atoms with Crippen LogP contribution in [0.3, 0.4) is 0 Å². The Labute approximate surface area is 102 Å². The minimum absolute atomic E-state index is 0.489. The second-order valence-corrected chi connectivity index (χ2v) is 7.19. The second-order valence-electron chi connectivity index (χ2n) is 7.19. The summed E-state index contributed by atoms with van der Waals surface area (Å²) in [5.41, 5.74) is 6.57. The molecule has 0 unspecified atom stereocenters. The summed E-state index contributed by atoms with van der Waals surface area (Å²) < 4.78 is 0. The molecule has 0 saturated heterocycles. The van der Waals surface area contributed by atoms with E-state index in [2.05, 4.69) is 39.6 Å². The number of hydrogen-bond acceptors (Lipinski definition) is 2. The molecule has 0 amide bonds. The summed E-state index contributed by atoms with van der Waals surface area (Å²) in [5, 5.41) is 0. The van der Waals surface area contributed by atoms with Gasteiger partial charge in [0.05, 0.1) is 0 Å².